The van der Waals surface area contributed by atoms with Crippen LogP contribution in [0, 0.1) is 0 Å². The molecule has 1 aliphatic carbocycles. The number of rotatable bonds is 6. The average Bonchev–Trinajstić information content (AvgIpc) is 3.01. The highest BCUT2D eigenvalue weighted by atomic mass is 79.9. The lowest BCUT2D eigenvalue weighted by atomic mass is 9.79. The summed E-state index contributed by atoms with van der Waals surface area (Å²) >= 11 is 3.45. The summed E-state index contributed by atoms with van der Waals surface area (Å²) in [7, 11) is 0. The molecule has 4 N–H and O–H groups in total. The first kappa shape index (κ1) is 19.9. The molecule has 0 spiro atoms. The van der Waals surface area contributed by atoms with Gasteiger partial charge in [0.05, 0.1) is 13.1 Å². The van der Waals surface area contributed by atoms with Crippen LogP contribution < -0.4 is 16.4 Å². The number of benzene rings is 1. The number of nitrogens with two attached hydrogens (primary N) is 1. The second kappa shape index (κ2) is 9.25. The lowest BCUT2D eigenvalue weighted by Crippen LogP contribution is -2.44. The van der Waals surface area contributed by atoms with Crippen LogP contribution in [-0.4, -0.2) is 31.4 Å². The molecule has 1 fully saturated rings. The molecule has 7 heteroatoms. The normalized spacial score (nSPS) is 15.6. The predicted octanol–water partition coefficient (Wildman–Crippen LogP) is 1.87. The van der Waals surface area contributed by atoms with Crippen molar-refractivity contribution in [2.24, 2.45) is 5.73 Å². The molecule has 1 saturated carbocycles. The first-order valence-electron chi connectivity index (χ1n) is 7.55. The third kappa shape index (κ3) is 5.48. The summed E-state index contributed by atoms with van der Waals surface area (Å²) in [5.41, 5.74) is 6.46. The van der Waals surface area contributed by atoms with Gasteiger partial charge < -0.3 is 16.4 Å². The van der Waals surface area contributed by atoms with E-state index in [9.17, 15) is 9.59 Å². The van der Waals surface area contributed by atoms with E-state index in [1.165, 1.54) is 18.4 Å². The zero-order chi connectivity index (χ0) is 16.0. The van der Waals surface area contributed by atoms with Gasteiger partial charge in [-0.1, -0.05) is 40.9 Å². The second-order valence-corrected chi connectivity index (χ2v) is 6.67. The standard InChI is InChI=1S/C16H22BrN3O2.ClH/c17-13-5-3-12(4-6-13)16(7-1-2-8-16)11-20-15(22)10-19-14(21)9-18;/h3-6H,1-2,7-11,18H2,(H,19,21)(H,20,22);1H. The molecule has 0 bridgehead atoms. The summed E-state index contributed by atoms with van der Waals surface area (Å²) in [5, 5.41) is 5.44. The highest BCUT2D eigenvalue weighted by Crippen LogP contribution is 2.40. The van der Waals surface area contributed by atoms with E-state index in [2.05, 4.69) is 38.7 Å². The number of carbonyl (C=O) groups is 2. The fourth-order valence-corrected chi connectivity index (χ4v) is 3.27. The van der Waals surface area contributed by atoms with Gasteiger partial charge in [-0.3, -0.25) is 9.59 Å². The largest absolute Gasteiger partial charge is 0.354 e. The molecule has 23 heavy (non-hydrogen) atoms. The van der Waals surface area contributed by atoms with Crippen LogP contribution in [0.4, 0.5) is 0 Å². The van der Waals surface area contributed by atoms with E-state index in [1.807, 2.05) is 12.1 Å². The fraction of sp³-hybridized carbons (Fsp3) is 0.500. The first-order valence-corrected chi connectivity index (χ1v) is 8.34. The van der Waals surface area contributed by atoms with E-state index < -0.39 is 0 Å². The van der Waals surface area contributed by atoms with Gasteiger partial charge in [-0.25, -0.2) is 0 Å². The van der Waals surface area contributed by atoms with Crippen LogP contribution >= 0.6 is 28.3 Å². The van der Waals surface area contributed by atoms with Gasteiger partial charge in [0.2, 0.25) is 11.8 Å². The third-order valence-electron chi connectivity index (χ3n) is 4.27. The number of nitrogens with one attached hydrogen (secondary N) is 2. The minimum absolute atomic E-state index is 0. The Morgan fingerprint density at radius 1 is 1.09 bits per heavy atom. The minimum atomic E-state index is -0.321. The molecule has 5 nitrogen and oxygen atoms in total. The Kier molecular flexibility index (Phi) is 8.02. The summed E-state index contributed by atoms with van der Waals surface area (Å²) in [4.78, 5) is 22.9. The van der Waals surface area contributed by atoms with Gasteiger partial charge in [-0.05, 0) is 30.5 Å². The van der Waals surface area contributed by atoms with Crippen LogP contribution in [-0.2, 0) is 15.0 Å². The quantitative estimate of drug-likeness (QED) is 0.677. The number of carbonyl (C=O) groups excluding carboxylic acids is 2. The second-order valence-electron chi connectivity index (χ2n) is 5.75. The van der Waals surface area contributed by atoms with Crippen molar-refractivity contribution in [1.29, 1.82) is 0 Å². The maximum absolute atomic E-state index is 11.9. The van der Waals surface area contributed by atoms with E-state index >= 15 is 0 Å². The smallest absolute Gasteiger partial charge is 0.239 e. The molecule has 0 heterocycles. The predicted molar refractivity (Wildman–Crippen MR) is 96.6 cm³/mol. The summed E-state index contributed by atoms with van der Waals surface area (Å²) in [6, 6.07) is 8.33. The number of halogens is 2. The molecule has 0 aliphatic heterocycles. The van der Waals surface area contributed by atoms with Crippen molar-refractivity contribution in [1.82, 2.24) is 10.6 Å². The van der Waals surface area contributed by atoms with Crippen molar-refractivity contribution in [3.63, 3.8) is 0 Å². The van der Waals surface area contributed by atoms with Crippen molar-refractivity contribution in [2.75, 3.05) is 19.6 Å². The monoisotopic (exact) mass is 403 g/mol. The summed E-state index contributed by atoms with van der Waals surface area (Å²) in [5.74, 6) is -0.496. The molecule has 0 saturated heterocycles. The Labute approximate surface area is 151 Å². The van der Waals surface area contributed by atoms with Crippen LogP contribution in [0.3, 0.4) is 0 Å². The van der Waals surface area contributed by atoms with Gasteiger partial charge in [0.15, 0.2) is 0 Å². The molecule has 0 aromatic heterocycles. The summed E-state index contributed by atoms with van der Waals surface area (Å²) < 4.78 is 1.05. The highest BCUT2D eigenvalue weighted by Gasteiger charge is 2.35. The Morgan fingerprint density at radius 3 is 2.26 bits per heavy atom. The van der Waals surface area contributed by atoms with Gasteiger partial charge in [-0.2, -0.15) is 0 Å². The third-order valence-corrected chi connectivity index (χ3v) is 4.80. The van der Waals surface area contributed by atoms with Gasteiger partial charge in [0.1, 0.15) is 0 Å². The Hall–Kier alpha value is -1.11. The molecular weight excluding hydrogens is 382 g/mol. The number of amides is 2. The van der Waals surface area contributed by atoms with E-state index in [0.29, 0.717) is 6.54 Å². The molecule has 0 unspecified atom stereocenters. The van der Waals surface area contributed by atoms with E-state index in [1.54, 1.807) is 0 Å². The lowest BCUT2D eigenvalue weighted by molar-refractivity contribution is -0.125. The van der Waals surface area contributed by atoms with Gasteiger partial charge in [0.25, 0.3) is 0 Å². The van der Waals surface area contributed by atoms with Crippen LogP contribution in [0.1, 0.15) is 31.2 Å². The van der Waals surface area contributed by atoms with Crippen molar-refractivity contribution in [3.8, 4) is 0 Å². The van der Waals surface area contributed by atoms with Crippen LogP contribution in [0.2, 0.25) is 0 Å². The van der Waals surface area contributed by atoms with Crippen molar-refractivity contribution in [2.45, 2.75) is 31.1 Å². The molecule has 0 atom stereocenters. The fourth-order valence-electron chi connectivity index (χ4n) is 3.00. The average molecular weight is 405 g/mol. The summed E-state index contributed by atoms with van der Waals surface area (Å²) in [6.45, 7) is 0.481. The van der Waals surface area contributed by atoms with Gasteiger partial charge in [-0.15, -0.1) is 12.4 Å². The Balaban J connectivity index is 0.00000264. The van der Waals surface area contributed by atoms with Crippen molar-refractivity contribution in [3.05, 3.63) is 34.3 Å². The van der Waals surface area contributed by atoms with Crippen molar-refractivity contribution < 1.29 is 9.59 Å². The van der Waals surface area contributed by atoms with Crippen LogP contribution in [0.15, 0.2) is 28.7 Å². The van der Waals surface area contributed by atoms with E-state index in [0.717, 1.165) is 17.3 Å². The number of hydrogen-bond acceptors (Lipinski definition) is 3. The maximum Gasteiger partial charge on any atom is 0.239 e. The van der Waals surface area contributed by atoms with Crippen LogP contribution in [0.25, 0.3) is 0 Å². The molecule has 0 radical (unpaired) electrons. The van der Waals surface area contributed by atoms with Gasteiger partial charge in [0, 0.05) is 16.4 Å². The van der Waals surface area contributed by atoms with Crippen molar-refractivity contribution >= 4 is 40.2 Å². The number of hydrogen-bond donors (Lipinski definition) is 3. The van der Waals surface area contributed by atoms with E-state index in [4.69, 9.17) is 5.73 Å². The Bertz CT molecular complexity index is 531. The van der Waals surface area contributed by atoms with Crippen LogP contribution in [0.5, 0.6) is 0 Å². The molecular formula is C16H23BrClN3O2. The van der Waals surface area contributed by atoms with E-state index in [-0.39, 0.29) is 42.7 Å². The molecule has 2 amide bonds. The zero-order valence-electron chi connectivity index (χ0n) is 12.9. The molecule has 1 aromatic rings. The topological polar surface area (TPSA) is 84.2 Å². The summed E-state index contributed by atoms with van der Waals surface area (Å²) in [6.07, 6.45) is 4.50. The maximum atomic E-state index is 11.9. The molecule has 1 aliphatic rings. The molecule has 1 aromatic carbocycles. The lowest BCUT2D eigenvalue weighted by Gasteiger charge is -2.30. The molecule has 128 valence electrons. The SMILES string of the molecule is Cl.NCC(=O)NCC(=O)NCC1(c2ccc(Br)cc2)CCCC1. The highest BCUT2D eigenvalue weighted by molar-refractivity contribution is 9.10. The first-order chi connectivity index (χ1) is 10.6. The van der Waals surface area contributed by atoms with Gasteiger partial charge >= 0.3 is 0 Å². The minimum Gasteiger partial charge on any atom is -0.354 e. The zero-order valence-corrected chi connectivity index (χ0v) is 15.3. The Morgan fingerprint density at radius 2 is 1.70 bits per heavy atom. The molecule has 2 rings (SSSR count).